The molecule has 0 aromatic rings. The molecule has 0 bridgehead atoms. The minimum atomic E-state index is 0.167. The Balaban J connectivity index is 2.39. The van der Waals surface area contributed by atoms with Crippen LogP contribution in [0.15, 0.2) is 0 Å². The van der Waals surface area contributed by atoms with Gasteiger partial charge in [-0.1, -0.05) is 20.8 Å². The number of Topliss-reactive ketones (excluding diaryl/α,β-unsaturated/α-hetero) is 1. The SMILES string of the molecule is CCN(CC(=O)N1CCC(=O)CC1)CC(C)C. The van der Waals surface area contributed by atoms with Gasteiger partial charge in [-0.15, -0.1) is 0 Å². The van der Waals surface area contributed by atoms with Crippen molar-refractivity contribution in [2.24, 2.45) is 5.92 Å². The number of carbonyl (C=O) groups is 2. The third-order valence-electron chi connectivity index (χ3n) is 3.10. The number of hydrogen-bond donors (Lipinski definition) is 0. The molecular weight excluding hydrogens is 216 g/mol. The van der Waals surface area contributed by atoms with E-state index in [1.165, 1.54) is 0 Å². The summed E-state index contributed by atoms with van der Waals surface area (Å²) in [7, 11) is 0. The smallest absolute Gasteiger partial charge is 0.236 e. The zero-order chi connectivity index (χ0) is 12.8. The van der Waals surface area contributed by atoms with E-state index in [0.29, 0.717) is 38.4 Å². The predicted octanol–water partition coefficient (Wildman–Crippen LogP) is 1.16. The molecule has 1 heterocycles. The minimum absolute atomic E-state index is 0.167. The van der Waals surface area contributed by atoms with Crippen LogP contribution in [0.5, 0.6) is 0 Å². The minimum Gasteiger partial charge on any atom is -0.341 e. The number of piperidine rings is 1. The van der Waals surface area contributed by atoms with Gasteiger partial charge in [-0.25, -0.2) is 0 Å². The first-order valence-corrected chi connectivity index (χ1v) is 6.54. The van der Waals surface area contributed by atoms with Crippen molar-refractivity contribution < 1.29 is 9.59 Å². The second-order valence-corrected chi connectivity index (χ2v) is 5.14. The zero-order valence-electron chi connectivity index (χ0n) is 11.2. The van der Waals surface area contributed by atoms with Gasteiger partial charge in [0.15, 0.2) is 0 Å². The van der Waals surface area contributed by atoms with E-state index in [1.54, 1.807) is 0 Å². The van der Waals surface area contributed by atoms with Crippen molar-refractivity contribution in [1.29, 1.82) is 0 Å². The summed E-state index contributed by atoms with van der Waals surface area (Å²) < 4.78 is 0. The lowest BCUT2D eigenvalue weighted by molar-refractivity contribution is -0.135. The molecular formula is C13H24N2O2. The summed E-state index contributed by atoms with van der Waals surface area (Å²) >= 11 is 0. The fraction of sp³-hybridized carbons (Fsp3) is 0.846. The van der Waals surface area contributed by atoms with Crippen LogP contribution in [0.2, 0.25) is 0 Å². The van der Waals surface area contributed by atoms with Crippen LogP contribution in [0.1, 0.15) is 33.6 Å². The van der Waals surface area contributed by atoms with Gasteiger partial charge in [0.25, 0.3) is 0 Å². The second kappa shape index (κ2) is 6.74. The molecule has 0 aromatic heterocycles. The fourth-order valence-corrected chi connectivity index (χ4v) is 2.12. The van der Waals surface area contributed by atoms with Crippen LogP contribution in [0.25, 0.3) is 0 Å². The maximum atomic E-state index is 12.0. The first-order valence-electron chi connectivity index (χ1n) is 6.54. The Morgan fingerprint density at radius 3 is 2.41 bits per heavy atom. The van der Waals surface area contributed by atoms with Crippen molar-refractivity contribution in [3.05, 3.63) is 0 Å². The monoisotopic (exact) mass is 240 g/mol. The summed E-state index contributed by atoms with van der Waals surface area (Å²) in [5.41, 5.74) is 0. The standard InChI is InChI=1S/C13H24N2O2/c1-4-14(9-11(2)3)10-13(17)15-7-5-12(16)6-8-15/h11H,4-10H2,1-3H3. The van der Waals surface area contributed by atoms with E-state index in [2.05, 4.69) is 25.7 Å². The van der Waals surface area contributed by atoms with Gasteiger partial charge >= 0.3 is 0 Å². The van der Waals surface area contributed by atoms with Gasteiger partial charge in [0.05, 0.1) is 6.54 Å². The normalized spacial score (nSPS) is 17.0. The van der Waals surface area contributed by atoms with Crippen LogP contribution in [-0.2, 0) is 9.59 Å². The Labute approximate surface area is 104 Å². The molecule has 0 N–H and O–H groups in total. The van der Waals surface area contributed by atoms with Gasteiger partial charge in [0.1, 0.15) is 5.78 Å². The van der Waals surface area contributed by atoms with Crippen LogP contribution in [0.3, 0.4) is 0 Å². The lowest BCUT2D eigenvalue weighted by Crippen LogP contribution is -2.45. The van der Waals surface area contributed by atoms with Gasteiger partial charge in [-0.3, -0.25) is 14.5 Å². The Kier molecular flexibility index (Phi) is 5.62. The lowest BCUT2D eigenvalue weighted by atomic mass is 10.1. The summed E-state index contributed by atoms with van der Waals surface area (Å²) in [5.74, 6) is 1.02. The Morgan fingerprint density at radius 2 is 1.94 bits per heavy atom. The van der Waals surface area contributed by atoms with Crippen molar-refractivity contribution >= 4 is 11.7 Å². The largest absolute Gasteiger partial charge is 0.341 e. The number of ketones is 1. The van der Waals surface area contributed by atoms with Crippen molar-refractivity contribution in [1.82, 2.24) is 9.80 Å². The summed E-state index contributed by atoms with van der Waals surface area (Å²) in [4.78, 5) is 27.1. The van der Waals surface area contributed by atoms with Gasteiger partial charge in [-0.2, -0.15) is 0 Å². The Hall–Kier alpha value is -0.900. The van der Waals surface area contributed by atoms with Gasteiger partial charge < -0.3 is 4.90 Å². The van der Waals surface area contributed by atoms with Gasteiger partial charge in [0, 0.05) is 32.5 Å². The molecule has 1 fully saturated rings. The molecule has 4 nitrogen and oxygen atoms in total. The highest BCUT2D eigenvalue weighted by Gasteiger charge is 2.22. The molecule has 0 aliphatic carbocycles. The highest BCUT2D eigenvalue weighted by Crippen LogP contribution is 2.07. The molecule has 0 saturated carbocycles. The lowest BCUT2D eigenvalue weighted by Gasteiger charge is -2.29. The van der Waals surface area contributed by atoms with Crippen LogP contribution in [0.4, 0.5) is 0 Å². The number of likely N-dealkylation sites (tertiary alicyclic amines) is 1. The topological polar surface area (TPSA) is 40.6 Å². The van der Waals surface area contributed by atoms with Crippen molar-refractivity contribution in [3.63, 3.8) is 0 Å². The molecule has 0 unspecified atom stereocenters. The quantitative estimate of drug-likeness (QED) is 0.724. The average molecular weight is 240 g/mol. The van der Waals surface area contributed by atoms with Gasteiger partial charge in [0.2, 0.25) is 5.91 Å². The molecule has 1 aliphatic rings. The number of nitrogens with zero attached hydrogens (tertiary/aromatic N) is 2. The van der Waals surface area contributed by atoms with Crippen LogP contribution >= 0.6 is 0 Å². The summed E-state index contributed by atoms with van der Waals surface area (Å²) in [5, 5.41) is 0. The maximum absolute atomic E-state index is 12.0. The third kappa shape index (κ3) is 4.86. The van der Waals surface area contributed by atoms with Crippen LogP contribution in [-0.4, -0.2) is 54.2 Å². The fourth-order valence-electron chi connectivity index (χ4n) is 2.12. The number of amides is 1. The molecule has 98 valence electrons. The van der Waals surface area contributed by atoms with Crippen molar-refractivity contribution in [3.8, 4) is 0 Å². The highest BCUT2D eigenvalue weighted by atomic mass is 16.2. The first kappa shape index (κ1) is 14.2. The van der Waals surface area contributed by atoms with E-state index < -0.39 is 0 Å². The Morgan fingerprint density at radius 1 is 1.35 bits per heavy atom. The first-order chi connectivity index (χ1) is 8.02. The molecule has 1 rings (SSSR count). The average Bonchev–Trinajstić information content (AvgIpc) is 2.28. The van der Waals surface area contributed by atoms with E-state index >= 15 is 0 Å². The van der Waals surface area contributed by atoms with E-state index in [0.717, 1.165) is 13.1 Å². The van der Waals surface area contributed by atoms with E-state index in [1.807, 2.05) is 4.90 Å². The second-order valence-electron chi connectivity index (χ2n) is 5.14. The molecule has 4 heteroatoms. The summed E-state index contributed by atoms with van der Waals surface area (Å²) in [6.45, 7) is 9.96. The summed E-state index contributed by atoms with van der Waals surface area (Å²) in [6, 6.07) is 0. The zero-order valence-corrected chi connectivity index (χ0v) is 11.2. The molecule has 0 radical (unpaired) electrons. The van der Waals surface area contributed by atoms with E-state index in [9.17, 15) is 9.59 Å². The van der Waals surface area contributed by atoms with E-state index in [-0.39, 0.29) is 11.7 Å². The molecule has 0 atom stereocenters. The van der Waals surface area contributed by atoms with Crippen LogP contribution in [0, 0.1) is 5.92 Å². The number of carbonyl (C=O) groups excluding carboxylic acids is 2. The molecule has 0 spiro atoms. The highest BCUT2D eigenvalue weighted by molar-refractivity contribution is 5.84. The number of rotatable bonds is 5. The molecule has 17 heavy (non-hydrogen) atoms. The van der Waals surface area contributed by atoms with Crippen molar-refractivity contribution in [2.45, 2.75) is 33.6 Å². The molecule has 0 aromatic carbocycles. The molecule has 1 saturated heterocycles. The third-order valence-corrected chi connectivity index (χ3v) is 3.10. The molecule has 1 amide bonds. The number of hydrogen-bond acceptors (Lipinski definition) is 3. The maximum Gasteiger partial charge on any atom is 0.236 e. The van der Waals surface area contributed by atoms with Crippen LogP contribution < -0.4 is 0 Å². The number of likely N-dealkylation sites (N-methyl/N-ethyl adjacent to an activating group) is 1. The van der Waals surface area contributed by atoms with E-state index in [4.69, 9.17) is 0 Å². The van der Waals surface area contributed by atoms with Crippen molar-refractivity contribution in [2.75, 3.05) is 32.7 Å². The summed E-state index contributed by atoms with van der Waals surface area (Å²) in [6.07, 6.45) is 1.06. The van der Waals surface area contributed by atoms with Gasteiger partial charge in [-0.05, 0) is 12.5 Å². The Bertz CT molecular complexity index is 267. The predicted molar refractivity (Wildman–Crippen MR) is 67.8 cm³/mol. The molecule has 1 aliphatic heterocycles.